The number of carbonyl (C=O) groups is 2. The van der Waals surface area contributed by atoms with Crippen molar-refractivity contribution in [1.29, 1.82) is 0 Å². The van der Waals surface area contributed by atoms with Gasteiger partial charge in [0.15, 0.2) is 0 Å². The Balaban J connectivity index is 1.45. The molecule has 8 heteroatoms. The number of nitrogens with zero attached hydrogens (tertiary/aromatic N) is 3. The van der Waals surface area contributed by atoms with Crippen LogP contribution in [0, 0.1) is 12.3 Å². The Labute approximate surface area is 217 Å². The first-order chi connectivity index (χ1) is 16.7. The van der Waals surface area contributed by atoms with Crippen molar-refractivity contribution in [2.24, 2.45) is 5.41 Å². The molecule has 35 heavy (non-hydrogen) atoms. The van der Waals surface area contributed by atoms with Crippen LogP contribution in [0.1, 0.15) is 35.2 Å². The number of hydrogen-bond acceptors (Lipinski definition) is 4. The van der Waals surface area contributed by atoms with Crippen LogP contribution >= 0.6 is 23.2 Å². The van der Waals surface area contributed by atoms with Gasteiger partial charge in [-0.15, -0.1) is 0 Å². The summed E-state index contributed by atoms with van der Waals surface area (Å²) in [5, 5.41) is 1.31. The highest BCUT2D eigenvalue weighted by Gasteiger charge is 2.40. The average molecular weight is 518 g/mol. The molecule has 0 spiro atoms. The first-order valence-electron chi connectivity index (χ1n) is 12.1. The number of benzene rings is 2. The van der Waals surface area contributed by atoms with E-state index < -0.39 is 0 Å². The SMILES string of the molecule is Cc1cc(OCC2(CC(=O)N3CCN(C)CC3)CCN(C(=O)c3ccc(Cl)cc3)CC2)ccc1Cl. The Morgan fingerprint density at radius 2 is 1.57 bits per heavy atom. The molecule has 4 rings (SSSR count). The highest BCUT2D eigenvalue weighted by Crippen LogP contribution is 2.37. The molecule has 0 unspecified atom stereocenters. The third-order valence-corrected chi connectivity index (χ3v) is 7.94. The lowest BCUT2D eigenvalue weighted by molar-refractivity contribution is -0.136. The first kappa shape index (κ1) is 25.8. The molecule has 0 N–H and O–H groups in total. The van der Waals surface area contributed by atoms with Crippen molar-refractivity contribution in [2.75, 3.05) is 52.9 Å². The molecule has 0 saturated carbocycles. The van der Waals surface area contributed by atoms with E-state index in [1.165, 1.54) is 0 Å². The van der Waals surface area contributed by atoms with Gasteiger partial charge in [0.2, 0.25) is 5.91 Å². The molecular formula is C27H33Cl2N3O3. The second-order valence-electron chi connectivity index (χ2n) is 9.86. The average Bonchev–Trinajstić information content (AvgIpc) is 2.86. The van der Waals surface area contributed by atoms with Crippen LogP contribution in [0.2, 0.25) is 10.0 Å². The predicted octanol–water partition coefficient (Wildman–Crippen LogP) is 4.77. The van der Waals surface area contributed by atoms with E-state index in [2.05, 4.69) is 11.9 Å². The van der Waals surface area contributed by atoms with Gasteiger partial charge < -0.3 is 19.4 Å². The van der Waals surface area contributed by atoms with Gasteiger partial charge in [0, 0.05) is 66.7 Å². The van der Waals surface area contributed by atoms with E-state index in [0.717, 1.165) is 37.5 Å². The van der Waals surface area contributed by atoms with Crippen molar-refractivity contribution in [2.45, 2.75) is 26.2 Å². The van der Waals surface area contributed by atoms with E-state index >= 15 is 0 Å². The molecule has 0 aliphatic carbocycles. The maximum atomic E-state index is 13.3. The summed E-state index contributed by atoms with van der Waals surface area (Å²) in [4.78, 5) is 32.4. The monoisotopic (exact) mass is 517 g/mol. The van der Waals surface area contributed by atoms with Gasteiger partial charge in [-0.3, -0.25) is 9.59 Å². The first-order valence-corrected chi connectivity index (χ1v) is 12.9. The molecular weight excluding hydrogens is 485 g/mol. The summed E-state index contributed by atoms with van der Waals surface area (Å²) in [5.74, 6) is 0.916. The number of piperidine rings is 1. The fourth-order valence-corrected chi connectivity index (χ4v) is 5.01. The van der Waals surface area contributed by atoms with Crippen molar-refractivity contribution < 1.29 is 14.3 Å². The van der Waals surface area contributed by atoms with Gasteiger partial charge in [-0.2, -0.15) is 0 Å². The molecule has 0 aromatic heterocycles. The number of halogens is 2. The summed E-state index contributed by atoms with van der Waals surface area (Å²) in [6, 6.07) is 12.6. The minimum atomic E-state index is -0.329. The normalized spacial score (nSPS) is 18.4. The molecule has 2 amide bonds. The molecule has 2 aliphatic heterocycles. The molecule has 0 radical (unpaired) electrons. The Morgan fingerprint density at radius 1 is 0.914 bits per heavy atom. The molecule has 0 atom stereocenters. The van der Waals surface area contributed by atoms with E-state index in [1.807, 2.05) is 34.9 Å². The number of likely N-dealkylation sites (tertiary alicyclic amines) is 1. The summed E-state index contributed by atoms with van der Waals surface area (Å²) in [5.41, 5.74) is 1.25. The number of carbonyl (C=O) groups excluding carboxylic acids is 2. The van der Waals surface area contributed by atoms with Gasteiger partial charge in [0.1, 0.15) is 5.75 Å². The smallest absolute Gasteiger partial charge is 0.253 e. The fraction of sp³-hybridized carbons (Fsp3) is 0.481. The number of likely N-dealkylation sites (N-methyl/N-ethyl adjacent to an activating group) is 1. The van der Waals surface area contributed by atoms with Crippen LogP contribution in [0.3, 0.4) is 0 Å². The molecule has 0 bridgehead atoms. The van der Waals surface area contributed by atoms with Gasteiger partial charge in [-0.1, -0.05) is 23.2 Å². The molecule has 2 heterocycles. The highest BCUT2D eigenvalue weighted by atomic mass is 35.5. The Bertz CT molecular complexity index is 1040. The standard InChI is InChI=1S/C27H33Cl2N3O3/c1-20-17-23(7-8-24(20)29)35-19-27(18-25(33)31-15-13-30(2)14-16-31)9-11-32(12-10-27)26(34)21-3-5-22(28)6-4-21/h3-8,17H,9-16,18-19H2,1-2H3. The zero-order valence-corrected chi connectivity index (χ0v) is 21.9. The molecule has 2 aliphatic rings. The number of hydrogen-bond donors (Lipinski definition) is 0. The summed E-state index contributed by atoms with van der Waals surface area (Å²) in [6.45, 7) is 6.83. The minimum absolute atomic E-state index is 0.00472. The van der Waals surface area contributed by atoms with Crippen molar-refractivity contribution in [1.82, 2.24) is 14.7 Å². The number of piperazine rings is 1. The van der Waals surface area contributed by atoms with E-state index in [0.29, 0.717) is 54.6 Å². The van der Waals surface area contributed by atoms with Crippen LogP contribution in [0.25, 0.3) is 0 Å². The van der Waals surface area contributed by atoms with E-state index in [-0.39, 0.29) is 17.2 Å². The topological polar surface area (TPSA) is 53.1 Å². The summed E-state index contributed by atoms with van der Waals surface area (Å²) < 4.78 is 6.23. The van der Waals surface area contributed by atoms with Crippen molar-refractivity contribution in [3.05, 3.63) is 63.6 Å². The lowest BCUT2D eigenvalue weighted by atomic mass is 9.75. The highest BCUT2D eigenvalue weighted by molar-refractivity contribution is 6.31. The minimum Gasteiger partial charge on any atom is -0.493 e. The Hall–Kier alpha value is -2.28. The molecule has 6 nitrogen and oxygen atoms in total. The Morgan fingerprint density at radius 3 is 2.20 bits per heavy atom. The van der Waals surface area contributed by atoms with Gasteiger partial charge in [0.05, 0.1) is 6.61 Å². The van der Waals surface area contributed by atoms with Crippen molar-refractivity contribution in [3.63, 3.8) is 0 Å². The predicted molar refractivity (Wildman–Crippen MR) is 139 cm³/mol. The second-order valence-corrected chi connectivity index (χ2v) is 10.7. The summed E-state index contributed by atoms with van der Waals surface area (Å²) in [7, 11) is 2.08. The largest absolute Gasteiger partial charge is 0.493 e. The molecule has 2 fully saturated rings. The van der Waals surface area contributed by atoms with Crippen molar-refractivity contribution >= 4 is 35.0 Å². The maximum absolute atomic E-state index is 13.3. The van der Waals surface area contributed by atoms with Gasteiger partial charge in [0.25, 0.3) is 5.91 Å². The lowest BCUT2D eigenvalue weighted by Gasteiger charge is -2.42. The van der Waals surface area contributed by atoms with E-state index in [9.17, 15) is 9.59 Å². The third-order valence-electron chi connectivity index (χ3n) is 7.26. The Kier molecular flexibility index (Phi) is 8.25. The number of aryl methyl sites for hydroxylation is 1. The molecule has 188 valence electrons. The van der Waals surface area contributed by atoms with E-state index in [4.69, 9.17) is 27.9 Å². The van der Waals surface area contributed by atoms with Crippen LogP contribution in [0.5, 0.6) is 5.75 Å². The van der Waals surface area contributed by atoms with Gasteiger partial charge in [-0.05, 0) is 74.8 Å². The van der Waals surface area contributed by atoms with Crippen LogP contribution < -0.4 is 4.74 Å². The van der Waals surface area contributed by atoms with Gasteiger partial charge in [-0.25, -0.2) is 0 Å². The molecule has 2 aromatic carbocycles. The number of rotatable bonds is 6. The van der Waals surface area contributed by atoms with Crippen LogP contribution in [-0.2, 0) is 4.79 Å². The van der Waals surface area contributed by atoms with Crippen LogP contribution in [-0.4, -0.2) is 79.4 Å². The van der Waals surface area contributed by atoms with Gasteiger partial charge >= 0.3 is 0 Å². The zero-order valence-electron chi connectivity index (χ0n) is 20.4. The van der Waals surface area contributed by atoms with Crippen molar-refractivity contribution in [3.8, 4) is 5.75 Å². The molecule has 2 saturated heterocycles. The van der Waals surface area contributed by atoms with Crippen LogP contribution in [0.4, 0.5) is 0 Å². The third kappa shape index (κ3) is 6.49. The summed E-state index contributed by atoms with van der Waals surface area (Å²) in [6.07, 6.45) is 1.84. The van der Waals surface area contributed by atoms with E-state index in [1.54, 1.807) is 24.3 Å². The molecule has 2 aromatic rings. The zero-order chi connectivity index (χ0) is 25.0. The quantitative estimate of drug-likeness (QED) is 0.553. The summed E-state index contributed by atoms with van der Waals surface area (Å²) >= 11 is 12.2. The number of ether oxygens (including phenoxy) is 1. The lowest BCUT2D eigenvalue weighted by Crippen LogP contribution is -2.51. The number of amides is 2. The fourth-order valence-electron chi connectivity index (χ4n) is 4.76. The maximum Gasteiger partial charge on any atom is 0.253 e. The van der Waals surface area contributed by atoms with Crippen LogP contribution in [0.15, 0.2) is 42.5 Å². The second kappa shape index (κ2) is 11.2.